The molecule has 0 saturated carbocycles. The molecule has 5 nitrogen and oxygen atoms in total. The summed E-state index contributed by atoms with van der Waals surface area (Å²) >= 11 is 3.24. The largest absolute Gasteiger partial charge is 0.469 e. The Morgan fingerprint density at radius 3 is 2.94 bits per heavy atom. The minimum atomic E-state index is -0.279. The van der Waals surface area contributed by atoms with Crippen LogP contribution in [0.5, 0.6) is 0 Å². The number of carbonyl (C=O) groups is 2. The lowest BCUT2D eigenvalue weighted by molar-refractivity contribution is -0.140. The highest BCUT2D eigenvalue weighted by atomic mass is 79.9. The molecule has 17 heavy (non-hydrogen) atoms. The van der Waals surface area contributed by atoms with Crippen LogP contribution in [-0.4, -0.2) is 30.5 Å². The van der Waals surface area contributed by atoms with Crippen LogP contribution in [-0.2, 0) is 9.53 Å². The molecular formula is C11H13BrN2O3. The molecule has 1 amide bonds. The zero-order chi connectivity index (χ0) is 12.7. The van der Waals surface area contributed by atoms with Gasteiger partial charge in [-0.1, -0.05) is 0 Å². The smallest absolute Gasteiger partial charge is 0.305 e. The van der Waals surface area contributed by atoms with E-state index in [2.05, 4.69) is 31.0 Å². The summed E-state index contributed by atoms with van der Waals surface area (Å²) in [5.41, 5.74) is 0.338. The highest BCUT2D eigenvalue weighted by Gasteiger charge is 2.10. The van der Waals surface area contributed by atoms with Crippen molar-refractivity contribution in [2.45, 2.75) is 12.8 Å². The van der Waals surface area contributed by atoms with Crippen LogP contribution in [0.2, 0.25) is 0 Å². The maximum Gasteiger partial charge on any atom is 0.305 e. The Morgan fingerprint density at radius 2 is 2.29 bits per heavy atom. The Bertz CT molecular complexity index is 409. The van der Waals surface area contributed by atoms with Gasteiger partial charge in [-0.2, -0.15) is 0 Å². The van der Waals surface area contributed by atoms with Gasteiger partial charge in [0.15, 0.2) is 0 Å². The number of hydrogen-bond acceptors (Lipinski definition) is 4. The van der Waals surface area contributed by atoms with Crippen molar-refractivity contribution in [3.8, 4) is 0 Å². The summed E-state index contributed by atoms with van der Waals surface area (Å²) in [5.74, 6) is -0.541. The van der Waals surface area contributed by atoms with E-state index in [9.17, 15) is 9.59 Å². The lowest BCUT2D eigenvalue weighted by Crippen LogP contribution is -2.26. The lowest BCUT2D eigenvalue weighted by atomic mass is 10.3. The fourth-order valence-corrected chi connectivity index (χ4v) is 1.61. The summed E-state index contributed by atoms with van der Waals surface area (Å²) < 4.78 is 5.13. The van der Waals surface area contributed by atoms with E-state index in [1.807, 2.05) is 0 Å². The van der Waals surface area contributed by atoms with E-state index in [1.165, 1.54) is 7.11 Å². The first-order valence-corrected chi connectivity index (χ1v) is 5.90. The molecule has 0 aromatic carbocycles. The first-order chi connectivity index (χ1) is 8.15. The Kier molecular flexibility index (Phi) is 5.62. The van der Waals surface area contributed by atoms with Crippen LogP contribution in [0.4, 0.5) is 0 Å². The molecule has 1 N–H and O–H groups in total. The van der Waals surface area contributed by atoms with Gasteiger partial charge in [-0.05, 0) is 34.5 Å². The predicted molar refractivity (Wildman–Crippen MR) is 65.5 cm³/mol. The molecule has 0 fully saturated rings. The molecule has 0 aliphatic heterocycles. The van der Waals surface area contributed by atoms with Crippen molar-refractivity contribution in [1.82, 2.24) is 10.3 Å². The van der Waals surface area contributed by atoms with E-state index in [0.29, 0.717) is 29.6 Å². The van der Waals surface area contributed by atoms with E-state index >= 15 is 0 Å². The fraction of sp³-hybridized carbons (Fsp3) is 0.364. The number of nitrogens with zero attached hydrogens (tertiary/aromatic N) is 1. The molecule has 0 saturated heterocycles. The molecule has 0 unspecified atom stereocenters. The molecule has 1 aromatic heterocycles. The Labute approximate surface area is 108 Å². The van der Waals surface area contributed by atoms with Crippen molar-refractivity contribution >= 4 is 27.8 Å². The normalized spacial score (nSPS) is 9.76. The molecule has 0 aliphatic rings. The van der Waals surface area contributed by atoms with Crippen molar-refractivity contribution in [1.29, 1.82) is 0 Å². The molecule has 92 valence electrons. The number of methoxy groups -OCH3 is 1. The van der Waals surface area contributed by atoms with Crippen LogP contribution >= 0.6 is 15.9 Å². The molecule has 0 bridgehead atoms. The Hall–Kier alpha value is -1.43. The van der Waals surface area contributed by atoms with Crippen LogP contribution in [0, 0.1) is 0 Å². The minimum Gasteiger partial charge on any atom is -0.469 e. The average molecular weight is 301 g/mol. The molecule has 0 radical (unpaired) electrons. The standard InChI is InChI=1S/C11H13BrN2O3/c1-17-9(15)5-3-7-14-11(16)10-8(12)4-2-6-13-10/h2,4,6H,3,5,7H2,1H3,(H,14,16). The van der Waals surface area contributed by atoms with Gasteiger partial charge in [-0.25, -0.2) is 4.98 Å². The van der Waals surface area contributed by atoms with Crippen molar-refractivity contribution in [2.24, 2.45) is 0 Å². The zero-order valence-electron chi connectivity index (χ0n) is 9.40. The van der Waals surface area contributed by atoms with E-state index in [1.54, 1.807) is 18.3 Å². The zero-order valence-corrected chi connectivity index (χ0v) is 11.0. The molecule has 1 rings (SSSR count). The number of aromatic nitrogens is 1. The van der Waals surface area contributed by atoms with Crippen LogP contribution in [0.25, 0.3) is 0 Å². The number of carbonyl (C=O) groups excluding carboxylic acids is 2. The van der Waals surface area contributed by atoms with Crippen LogP contribution in [0.1, 0.15) is 23.3 Å². The van der Waals surface area contributed by atoms with Crippen molar-refractivity contribution in [3.05, 3.63) is 28.5 Å². The molecule has 1 heterocycles. The number of halogens is 1. The quantitative estimate of drug-likeness (QED) is 0.661. The van der Waals surface area contributed by atoms with Crippen molar-refractivity contribution < 1.29 is 14.3 Å². The van der Waals surface area contributed by atoms with Gasteiger partial charge >= 0.3 is 5.97 Å². The fourth-order valence-electron chi connectivity index (χ4n) is 1.17. The first kappa shape index (κ1) is 13.6. The van der Waals surface area contributed by atoms with Gasteiger partial charge in [0.1, 0.15) is 5.69 Å². The van der Waals surface area contributed by atoms with E-state index in [4.69, 9.17) is 0 Å². The third kappa shape index (κ3) is 4.52. The number of esters is 1. The third-order valence-electron chi connectivity index (χ3n) is 2.04. The second-order valence-corrected chi connectivity index (χ2v) is 4.12. The SMILES string of the molecule is COC(=O)CCCNC(=O)c1ncccc1Br. The number of nitrogens with one attached hydrogen (secondary N) is 1. The third-order valence-corrected chi connectivity index (χ3v) is 2.68. The molecule has 6 heteroatoms. The summed E-state index contributed by atoms with van der Waals surface area (Å²) in [5, 5.41) is 2.68. The summed E-state index contributed by atoms with van der Waals surface area (Å²) in [6, 6.07) is 3.48. The van der Waals surface area contributed by atoms with Gasteiger partial charge < -0.3 is 10.1 Å². The van der Waals surface area contributed by atoms with Gasteiger partial charge in [-0.15, -0.1) is 0 Å². The van der Waals surface area contributed by atoms with Gasteiger partial charge in [-0.3, -0.25) is 9.59 Å². The monoisotopic (exact) mass is 300 g/mol. The highest BCUT2D eigenvalue weighted by molar-refractivity contribution is 9.10. The van der Waals surface area contributed by atoms with Gasteiger partial charge in [0.2, 0.25) is 0 Å². The summed E-state index contributed by atoms with van der Waals surface area (Å²) in [4.78, 5) is 26.4. The maximum atomic E-state index is 11.7. The summed E-state index contributed by atoms with van der Waals surface area (Å²) in [6.07, 6.45) is 2.39. The van der Waals surface area contributed by atoms with Gasteiger partial charge in [0.25, 0.3) is 5.91 Å². The van der Waals surface area contributed by atoms with E-state index in [-0.39, 0.29) is 11.9 Å². The molecule has 0 atom stereocenters. The lowest BCUT2D eigenvalue weighted by Gasteiger charge is -2.05. The van der Waals surface area contributed by atoms with E-state index in [0.717, 1.165) is 0 Å². The molecule has 0 aliphatic carbocycles. The Morgan fingerprint density at radius 1 is 1.53 bits per heavy atom. The average Bonchev–Trinajstić information content (AvgIpc) is 2.34. The number of rotatable bonds is 5. The molecule has 1 aromatic rings. The highest BCUT2D eigenvalue weighted by Crippen LogP contribution is 2.12. The number of amides is 1. The topological polar surface area (TPSA) is 68.3 Å². The van der Waals surface area contributed by atoms with Crippen LogP contribution in [0.15, 0.2) is 22.8 Å². The second-order valence-electron chi connectivity index (χ2n) is 3.27. The number of pyridine rings is 1. The van der Waals surface area contributed by atoms with Crippen molar-refractivity contribution in [3.63, 3.8) is 0 Å². The summed E-state index contributed by atoms with van der Waals surface area (Å²) in [6.45, 7) is 0.414. The molecule has 0 spiro atoms. The number of ether oxygens (including phenoxy) is 1. The van der Waals surface area contributed by atoms with Crippen LogP contribution in [0.3, 0.4) is 0 Å². The minimum absolute atomic E-state index is 0.262. The second kappa shape index (κ2) is 7.01. The maximum absolute atomic E-state index is 11.7. The number of hydrogen-bond donors (Lipinski definition) is 1. The molecular weight excluding hydrogens is 288 g/mol. The van der Waals surface area contributed by atoms with Gasteiger partial charge in [0, 0.05) is 23.6 Å². The van der Waals surface area contributed by atoms with Crippen LogP contribution < -0.4 is 5.32 Å². The van der Waals surface area contributed by atoms with Gasteiger partial charge in [0.05, 0.1) is 7.11 Å². The summed E-state index contributed by atoms with van der Waals surface area (Å²) in [7, 11) is 1.34. The Balaban J connectivity index is 2.36. The van der Waals surface area contributed by atoms with Crippen molar-refractivity contribution in [2.75, 3.05) is 13.7 Å². The first-order valence-electron chi connectivity index (χ1n) is 5.10. The predicted octanol–water partition coefficient (Wildman–Crippen LogP) is 1.53. The van der Waals surface area contributed by atoms with E-state index < -0.39 is 0 Å².